The molecule has 1 aromatic heterocycles. The summed E-state index contributed by atoms with van der Waals surface area (Å²) in [5, 5.41) is 6.02. The highest BCUT2D eigenvalue weighted by atomic mass is 32.1. The molecule has 4 rings (SSSR count). The molecule has 0 saturated carbocycles. The van der Waals surface area contributed by atoms with E-state index in [4.69, 9.17) is 4.98 Å². The van der Waals surface area contributed by atoms with Crippen LogP contribution in [0.2, 0.25) is 0 Å². The van der Waals surface area contributed by atoms with Crippen LogP contribution in [-0.4, -0.2) is 18.1 Å². The highest BCUT2D eigenvalue weighted by Crippen LogP contribution is 2.24. The molecule has 3 aliphatic rings. The van der Waals surface area contributed by atoms with Gasteiger partial charge in [0, 0.05) is 6.42 Å². The lowest BCUT2D eigenvalue weighted by atomic mass is 10.0. The van der Waals surface area contributed by atoms with Gasteiger partial charge < -0.3 is 5.32 Å². The van der Waals surface area contributed by atoms with Gasteiger partial charge in [0.05, 0.1) is 14.9 Å². The Labute approximate surface area is 110 Å². The molecular weight excluding hydrogens is 240 g/mol. The molecule has 2 heterocycles. The molecule has 1 unspecified atom stereocenters. The average molecular weight is 256 g/mol. The van der Waals surface area contributed by atoms with E-state index in [0.717, 1.165) is 18.8 Å². The summed E-state index contributed by atoms with van der Waals surface area (Å²) < 4.78 is 1.38. The van der Waals surface area contributed by atoms with E-state index in [1.165, 1.54) is 45.5 Å². The minimum absolute atomic E-state index is 0.794. The SMILES string of the molecule is C1=CCC2=c3nc(CC4CCNC4)sc3=CC2=C1. The Balaban J connectivity index is 1.69. The number of thiazole rings is 1. The normalized spacial score (nSPS) is 24.8. The smallest absolute Gasteiger partial charge is 0.0942 e. The quantitative estimate of drug-likeness (QED) is 0.858. The van der Waals surface area contributed by atoms with Crippen LogP contribution in [-0.2, 0) is 6.42 Å². The largest absolute Gasteiger partial charge is 0.316 e. The van der Waals surface area contributed by atoms with Crippen molar-refractivity contribution in [2.75, 3.05) is 13.1 Å². The summed E-state index contributed by atoms with van der Waals surface area (Å²) in [6, 6.07) is 0. The van der Waals surface area contributed by atoms with Crippen LogP contribution in [0.25, 0.3) is 11.6 Å². The van der Waals surface area contributed by atoms with Crippen molar-refractivity contribution in [3.63, 3.8) is 0 Å². The molecule has 0 spiro atoms. The number of fused-ring (bicyclic) bond motifs is 2. The summed E-state index contributed by atoms with van der Waals surface area (Å²) in [6.07, 6.45) is 12.4. The third-order valence-electron chi connectivity index (χ3n) is 3.98. The molecule has 0 amide bonds. The first kappa shape index (κ1) is 10.7. The fourth-order valence-corrected chi connectivity index (χ4v) is 4.16. The zero-order chi connectivity index (χ0) is 11.9. The standard InChI is InChI=1S/C15H16N2S/c1-2-4-12-11(3-1)8-13-15(12)17-14(18-13)7-10-5-6-16-9-10/h1-3,8,10,16H,4-7,9H2. The maximum atomic E-state index is 4.89. The van der Waals surface area contributed by atoms with Crippen LogP contribution in [0.5, 0.6) is 0 Å². The Kier molecular flexibility index (Phi) is 2.49. The Morgan fingerprint density at radius 1 is 1.44 bits per heavy atom. The topological polar surface area (TPSA) is 24.9 Å². The van der Waals surface area contributed by atoms with Gasteiger partial charge in [0.25, 0.3) is 0 Å². The summed E-state index contributed by atoms with van der Waals surface area (Å²) in [6.45, 7) is 2.34. The monoisotopic (exact) mass is 256 g/mol. The van der Waals surface area contributed by atoms with Crippen molar-refractivity contribution >= 4 is 23.0 Å². The zero-order valence-electron chi connectivity index (χ0n) is 10.3. The second kappa shape index (κ2) is 4.18. The summed E-state index contributed by atoms with van der Waals surface area (Å²) in [5.74, 6) is 0.794. The van der Waals surface area contributed by atoms with E-state index in [0.29, 0.717) is 0 Å². The van der Waals surface area contributed by atoms with Crippen molar-refractivity contribution in [3.05, 3.63) is 38.7 Å². The van der Waals surface area contributed by atoms with Crippen LogP contribution in [0.15, 0.2) is 23.8 Å². The van der Waals surface area contributed by atoms with Crippen LogP contribution >= 0.6 is 11.3 Å². The molecule has 2 aliphatic carbocycles. The van der Waals surface area contributed by atoms with E-state index in [9.17, 15) is 0 Å². The average Bonchev–Trinajstić information content (AvgIpc) is 3.05. The molecule has 1 aromatic rings. The molecule has 1 atom stereocenters. The lowest BCUT2D eigenvalue weighted by Gasteiger charge is -2.06. The van der Waals surface area contributed by atoms with Gasteiger partial charge in [-0.3, -0.25) is 0 Å². The van der Waals surface area contributed by atoms with E-state index in [1.54, 1.807) is 0 Å². The van der Waals surface area contributed by atoms with Crippen LogP contribution in [0, 0.1) is 5.92 Å². The highest BCUT2D eigenvalue weighted by Gasteiger charge is 2.19. The Morgan fingerprint density at radius 2 is 2.44 bits per heavy atom. The fraction of sp³-hybridized carbons (Fsp3) is 0.400. The first-order chi connectivity index (χ1) is 8.90. The van der Waals surface area contributed by atoms with E-state index < -0.39 is 0 Å². The molecular formula is C15H16N2S. The lowest BCUT2D eigenvalue weighted by molar-refractivity contribution is 0.578. The van der Waals surface area contributed by atoms with Crippen molar-refractivity contribution < 1.29 is 0 Å². The van der Waals surface area contributed by atoms with Gasteiger partial charge in [0.15, 0.2) is 0 Å². The van der Waals surface area contributed by atoms with Crippen molar-refractivity contribution in [1.29, 1.82) is 0 Å². The molecule has 2 nitrogen and oxygen atoms in total. The second-order valence-electron chi connectivity index (χ2n) is 5.26. The number of aromatic nitrogens is 1. The fourth-order valence-electron chi connectivity index (χ4n) is 3.00. The van der Waals surface area contributed by atoms with E-state index >= 15 is 0 Å². The van der Waals surface area contributed by atoms with Crippen molar-refractivity contribution in [1.82, 2.24) is 10.3 Å². The Hall–Kier alpha value is -1.19. The van der Waals surface area contributed by atoms with Gasteiger partial charge in [-0.05, 0) is 49.1 Å². The minimum Gasteiger partial charge on any atom is -0.316 e. The van der Waals surface area contributed by atoms with Gasteiger partial charge in [-0.25, -0.2) is 4.98 Å². The van der Waals surface area contributed by atoms with Crippen LogP contribution in [0.3, 0.4) is 0 Å². The molecule has 0 aromatic carbocycles. The van der Waals surface area contributed by atoms with Gasteiger partial charge in [-0.2, -0.15) is 0 Å². The third kappa shape index (κ3) is 1.70. The predicted molar refractivity (Wildman–Crippen MR) is 75.8 cm³/mol. The number of hydrogen-bond acceptors (Lipinski definition) is 3. The summed E-state index contributed by atoms with van der Waals surface area (Å²) >= 11 is 1.89. The number of allylic oxidation sites excluding steroid dienone is 4. The first-order valence-electron chi connectivity index (χ1n) is 6.69. The van der Waals surface area contributed by atoms with Crippen molar-refractivity contribution in [2.24, 2.45) is 5.92 Å². The van der Waals surface area contributed by atoms with Gasteiger partial charge in [-0.1, -0.05) is 18.2 Å². The maximum Gasteiger partial charge on any atom is 0.0942 e. The lowest BCUT2D eigenvalue weighted by Crippen LogP contribution is -2.19. The minimum atomic E-state index is 0.794. The molecule has 1 saturated heterocycles. The third-order valence-corrected chi connectivity index (χ3v) is 5.00. The number of nitrogens with one attached hydrogen (secondary N) is 1. The first-order valence-corrected chi connectivity index (χ1v) is 7.50. The predicted octanol–water partition coefficient (Wildman–Crippen LogP) is 1.13. The number of rotatable bonds is 2. The summed E-state index contributed by atoms with van der Waals surface area (Å²) in [5.41, 5.74) is 2.81. The van der Waals surface area contributed by atoms with Crippen molar-refractivity contribution in [3.8, 4) is 0 Å². The van der Waals surface area contributed by atoms with E-state index in [-0.39, 0.29) is 0 Å². The van der Waals surface area contributed by atoms with E-state index in [1.807, 2.05) is 11.3 Å². The molecule has 92 valence electrons. The number of nitrogens with zero attached hydrogens (tertiary/aromatic N) is 1. The van der Waals surface area contributed by atoms with Crippen LogP contribution in [0.4, 0.5) is 0 Å². The van der Waals surface area contributed by atoms with Crippen LogP contribution in [0.1, 0.15) is 17.8 Å². The molecule has 3 heteroatoms. The van der Waals surface area contributed by atoms with Crippen LogP contribution < -0.4 is 15.2 Å². The Bertz CT molecular complexity index is 657. The maximum absolute atomic E-state index is 4.89. The molecule has 0 bridgehead atoms. The van der Waals surface area contributed by atoms with Gasteiger partial charge in [0.2, 0.25) is 0 Å². The molecule has 18 heavy (non-hydrogen) atoms. The molecule has 1 aliphatic heterocycles. The van der Waals surface area contributed by atoms with Gasteiger partial charge >= 0.3 is 0 Å². The van der Waals surface area contributed by atoms with Gasteiger partial charge in [0.1, 0.15) is 0 Å². The summed E-state index contributed by atoms with van der Waals surface area (Å²) in [4.78, 5) is 4.89. The summed E-state index contributed by atoms with van der Waals surface area (Å²) in [7, 11) is 0. The highest BCUT2D eigenvalue weighted by molar-refractivity contribution is 7.09. The second-order valence-corrected chi connectivity index (χ2v) is 6.38. The van der Waals surface area contributed by atoms with Gasteiger partial charge in [-0.15, -0.1) is 11.3 Å². The van der Waals surface area contributed by atoms with Crippen molar-refractivity contribution in [2.45, 2.75) is 19.3 Å². The number of hydrogen-bond donors (Lipinski definition) is 1. The molecule has 1 fully saturated rings. The molecule has 0 radical (unpaired) electrons. The van der Waals surface area contributed by atoms with E-state index in [2.05, 4.69) is 29.6 Å². The zero-order valence-corrected chi connectivity index (χ0v) is 11.1. The molecule has 1 N–H and O–H groups in total. The Morgan fingerprint density at radius 3 is 3.33 bits per heavy atom.